The van der Waals surface area contributed by atoms with Gasteiger partial charge in [-0.25, -0.2) is 9.97 Å². The van der Waals surface area contributed by atoms with Gasteiger partial charge in [-0.3, -0.25) is 4.79 Å². The second-order valence-electron chi connectivity index (χ2n) is 4.83. The number of aldehydes is 1. The first-order valence-electron chi connectivity index (χ1n) is 6.08. The number of halogens is 1. The number of carbonyl (C=O) groups excluding carboxylic acids is 1. The summed E-state index contributed by atoms with van der Waals surface area (Å²) in [5.74, 6) is 0.440. The van der Waals surface area contributed by atoms with Crippen molar-refractivity contribution in [3.8, 4) is 0 Å². The predicted molar refractivity (Wildman–Crippen MR) is 77.9 cm³/mol. The Morgan fingerprint density at radius 1 is 1.55 bits per heavy atom. The fourth-order valence-corrected chi connectivity index (χ4v) is 2.65. The number of carbonyl (C=O) groups is 1. The highest BCUT2D eigenvalue weighted by Crippen LogP contribution is 2.27. The molecule has 2 heterocycles. The average Bonchev–Trinajstić information content (AvgIpc) is 2.58. The minimum absolute atomic E-state index is 0.124. The Hall–Kier alpha value is -0.890. The van der Waals surface area contributed by atoms with Crippen LogP contribution in [0, 0.1) is 0 Å². The monoisotopic (exact) mass is 317 g/mol. The maximum absolute atomic E-state index is 11.2. The second kappa shape index (κ2) is 6.26. The molecule has 2 rings (SSSR count). The van der Waals surface area contributed by atoms with Gasteiger partial charge in [-0.15, -0.1) is 0 Å². The number of anilines is 1. The lowest BCUT2D eigenvalue weighted by atomic mass is 10.1. The molecule has 1 fully saturated rings. The van der Waals surface area contributed by atoms with Crippen molar-refractivity contribution in [1.29, 1.82) is 0 Å². The molecule has 0 spiro atoms. The second-order valence-corrected chi connectivity index (χ2v) is 5.96. The Labute approximate surface area is 126 Å². The fraction of sp³-hybridized carbons (Fsp3) is 0.583. The molecular formula is C12H16ClN3O3S. The van der Waals surface area contributed by atoms with Gasteiger partial charge in [0.15, 0.2) is 11.4 Å². The van der Waals surface area contributed by atoms with Gasteiger partial charge in [0.2, 0.25) is 0 Å². The van der Waals surface area contributed by atoms with Gasteiger partial charge in [0.1, 0.15) is 16.6 Å². The van der Waals surface area contributed by atoms with Crippen molar-refractivity contribution in [2.45, 2.75) is 17.7 Å². The maximum Gasteiger partial charge on any atom is 0.190 e. The molecule has 110 valence electrons. The fourth-order valence-electron chi connectivity index (χ4n) is 2.03. The smallest absolute Gasteiger partial charge is 0.190 e. The quantitative estimate of drug-likeness (QED) is 0.389. The zero-order chi connectivity index (χ0) is 14.8. The lowest BCUT2D eigenvalue weighted by molar-refractivity contribution is -0.0123. The molecule has 8 heteroatoms. The maximum atomic E-state index is 11.2. The van der Waals surface area contributed by atoms with Crippen LogP contribution in [0.1, 0.15) is 17.3 Å². The van der Waals surface area contributed by atoms with Crippen molar-refractivity contribution < 1.29 is 14.6 Å². The first-order chi connectivity index (χ1) is 9.46. The number of hydrogen-bond acceptors (Lipinski definition) is 7. The van der Waals surface area contributed by atoms with Crippen LogP contribution in [0.15, 0.2) is 5.16 Å². The molecule has 0 unspecified atom stereocenters. The number of hydrogen-bond donors (Lipinski definition) is 1. The van der Waals surface area contributed by atoms with E-state index in [4.69, 9.17) is 16.3 Å². The lowest BCUT2D eigenvalue weighted by Gasteiger charge is -2.29. The Morgan fingerprint density at radius 3 is 2.95 bits per heavy atom. The third kappa shape index (κ3) is 3.41. The van der Waals surface area contributed by atoms with Crippen LogP contribution in [0.5, 0.6) is 0 Å². The Kier molecular flexibility index (Phi) is 4.85. The molecule has 0 radical (unpaired) electrons. The number of thioether (sulfide) groups is 1. The normalized spacial score (nSPS) is 23.5. The van der Waals surface area contributed by atoms with Crippen LogP contribution in [0.25, 0.3) is 0 Å². The molecule has 1 saturated heterocycles. The Morgan fingerprint density at radius 2 is 2.30 bits per heavy atom. The van der Waals surface area contributed by atoms with E-state index in [9.17, 15) is 9.90 Å². The van der Waals surface area contributed by atoms with Crippen molar-refractivity contribution in [1.82, 2.24) is 9.97 Å². The summed E-state index contributed by atoms with van der Waals surface area (Å²) in [6, 6.07) is 0. The molecule has 20 heavy (non-hydrogen) atoms. The summed E-state index contributed by atoms with van der Waals surface area (Å²) in [4.78, 5) is 21.4. The van der Waals surface area contributed by atoms with E-state index in [0.29, 0.717) is 37.0 Å². The number of ether oxygens (including phenoxy) is 1. The van der Waals surface area contributed by atoms with E-state index < -0.39 is 5.60 Å². The molecule has 0 aliphatic carbocycles. The van der Waals surface area contributed by atoms with E-state index in [0.717, 1.165) is 0 Å². The van der Waals surface area contributed by atoms with Gasteiger partial charge in [0.05, 0.1) is 25.3 Å². The van der Waals surface area contributed by atoms with Crippen LogP contribution in [-0.2, 0) is 4.74 Å². The summed E-state index contributed by atoms with van der Waals surface area (Å²) in [5.41, 5.74) is -0.768. The highest BCUT2D eigenvalue weighted by atomic mass is 35.5. The molecule has 0 aromatic carbocycles. The van der Waals surface area contributed by atoms with E-state index >= 15 is 0 Å². The molecular weight excluding hydrogens is 302 g/mol. The zero-order valence-electron chi connectivity index (χ0n) is 11.3. The van der Waals surface area contributed by atoms with E-state index in [1.165, 1.54) is 11.8 Å². The minimum atomic E-state index is -1.01. The highest BCUT2D eigenvalue weighted by molar-refractivity contribution is 7.98. The summed E-state index contributed by atoms with van der Waals surface area (Å²) in [7, 11) is 0. The molecule has 1 aliphatic rings. The summed E-state index contributed by atoms with van der Waals surface area (Å²) < 4.78 is 5.36. The molecule has 1 N–H and O–H groups in total. The van der Waals surface area contributed by atoms with E-state index in [1.807, 2.05) is 11.2 Å². The first kappa shape index (κ1) is 15.5. The van der Waals surface area contributed by atoms with Gasteiger partial charge in [0, 0.05) is 6.54 Å². The molecule has 0 saturated carbocycles. The van der Waals surface area contributed by atoms with Crippen LogP contribution in [0.2, 0.25) is 5.15 Å². The summed E-state index contributed by atoms with van der Waals surface area (Å²) in [5, 5.41) is 10.8. The zero-order valence-corrected chi connectivity index (χ0v) is 12.9. The lowest BCUT2D eigenvalue weighted by Crippen LogP contribution is -2.42. The highest BCUT2D eigenvalue weighted by Gasteiger charge is 2.30. The van der Waals surface area contributed by atoms with Gasteiger partial charge in [-0.2, -0.15) is 0 Å². The number of aliphatic hydroxyl groups is 1. The van der Waals surface area contributed by atoms with Crippen molar-refractivity contribution in [2.24, 2.45) is 0 Å². The van der Waals surface area contributed by atoms with Crippen molar-refractivity contribution in [3.05, 3.63) is 10.7 Å². The third-order valence-corrected chi connectivity index (χ3v) is 3.74. The van der Waals surface area contributed by atoms with Crippen LogP contribution < -0.4 is 4.90 Å². The molecule has 0 amide bonds. The van der Waals surface area contributed by atoms with E-state index in [1.54, 1.807) is 6.92 Å². The topological polar surface area (TPSA) is 75.6 Å². The van der Waals surface area contributed by atoms with Crippen LogP contribution in [0.4, 0.5) is 5.82 Å². The standard InChI is InChI=1S/C12H16ClN3O3S/c1-12(18)6-16(3-4-19-7-12)10-8(5-17)9(13)14-11(15-10)20-2/h5,18H,3-4,6-7H2,1-2H3/t12-/m0/s1. The number of β-amino-alcohol motifs (C(OH)–C–C–N with tert-alkyl or cyclic N) is 1. The Bertz CT molecular complexity index is 513. The van der Waals surface area contributed by atoms with Gasteiger partial charge in [0.25, 0.3) is 0 Å². The van der Waals surface area contributed by atoms with Gasteiger partial charge >= 0.3 is 0 Å². The number of aromatic nitrogens is 2. The summed E-state index contributed by atoms with van der Waals surface area (Å²) in [6.07, 6.45) is 2.47. The van der Waals surface area contributed by atoms with Crippen molar-refractivity contribution in [3.63, 3.8) is 0 Å². The van der Waals surface area contributed by atoms with Gasteiger partial charge in [-0.1, -0.05) is 23.4 Å². The molecule has 1 atom stereocenters. The SMILES string of the molecule is CSc1nc(Cl)c(C=O)c(N2CCOC[C@@](C)(O)C2)n1. The van der Waals surface area contributed by atoms with Crippen LogP contribution in [-0.4, -0.2) is 59.5 Å². The largest absolute Gasteiger partial charge is 0.386 e. The predicted octanol–water partition coefficient (Wildman–Crippen LogP) is 1.25. The van der Waals surface area contributed by atoms with Crippen LogP contribution in [0.3, 0.4) is 0 Å². The van der Waals surface area contributed by atoms with Gasteiger partial charge in [-0.05, 0) is 13.2 Å². The van der Waals surface area contributed by atoms with Crippen molar-refractivity contribution >= 4 is 35.5 Å². The molecule has 6 nitrogen and oxygen atoms in total. The number of nitrogens with zero attached hydrogens (tertiary/aromatic N) is 3. The summed E-state index contributed by atoms with van der Waals surface area (Å²) >= 11 is 7.37. The average molecular weight is 318 g/mol. The van der Waals surface area contributed by atoms with E-state index in [2.05, 4.69) is 9.97 Å². The van der Waals surface area contributed by atoms with Gasteiger partial charge < -0.3 is 14.7 Å². The number of rotatable bonds is 3. The third-order valence-electron chi connectivity index (χ3n) is 2.91. The minimum Gasteiger partial charge on any atom is -0.386 e. The molecule has 1 aromatic heterocycles. The summed E-state index contributed by atoms with van der Waals surface area (Å²) in [6.45, 7) is 3.22. The molecule has 1 aromatic rings. The Balaban J connectivity index is 2.43. The van der Waals surface area contributed by atoms with E-state index in [-0.39, 0.29) is 17.3 Å². The van der Waals surface area contributed by atoms with Crippen LogP contribution >= 0.6 is 23.4 Å². The van der Waals surface area contributed by atoms with Crippen molar-refractivity contribution in [2.75, 3.05) is 37.5 Å². The molecule has 0 bridgehead atoms. The molecule has 1 aliphatic heterocycles. The first-order valence-corrected chi connectivity index (χ1v) is 7.69.